The van der Waals surface area contributed by atoms with Gasteiger partial charge >= 0.3 is 0 Å². The molecule has 1 saturated heterocycles. The average molecular weight is 224 g/mol. The summed E-state index contributed by atoms with van der Waals surface area (Å²) in [5.74, 6) is 1.09. The van der Waals surface area contributed by atoms with E-state index in [1.54, 1.807) is 0 Å². The SMILES string of the molecule is CC1CCC(N[C@H]2CCCCNC2=O)CC1. The first kappa shape index (κ1) is 11.9. The van der Waals surface area contributed by atoms with Crippen molar-refractivity contribution >= 4 is 5.91 Å². The fourth-order valence-corrected chi connectivity index (χ4v) is 2.81. The largest absolute Gasteiger partial charge is 0.355 e. The van der Waals surface area contributed by atoms with Crippen LogP contribution in [0.4, 0.5) is 0 Å². The molecule has 1 aliphatic carbocycles. The van der Waals surface area contributed by atoms with Crippen LogP contribution in [0.3, 0.4) is 0 Å². The molecule has 1 atom stereocenters. The summed E-state index contributed by atoms with van der Waals surface area (Å²) in [6, 6.07) is 0.644. The highest BCUT2D eigenvalue weighted by molar-refractivity contribution is 5.81. The Labute approximate surface area is 98.4 Å². The van der Waals surface area contributed by atoms with Crippen LogP contribution in [0.2, 0.25) is 0 Å². The number of amides is 1. The lowest BCUT2D eigenvalue weighted by atomic mass is 9.87. The second-order valence-electron chi connectivity index (χ2n) is 5.46. The summed E-state index contributed by atoms with van der Waals surface area (Å²) in [6.45, 7) is 3.19. The Morgan fingerprint density at radius 1 is 1.12 bits per heavy atom. The minimum atomic E-state index is 0.0703. The van der Waals surface area contributed by atoms with Gasteiger partial charge in [0.05, 0.1) is 6.04 Å². The zero-order valence-corrected chi connectivity index (χ0v) is 10.3. The molecular formula is C13H24N2O. The van der Waals surface area contributed by atoms with Crippen LogP contribution in [0.1, 0.15) is 51.9 Å². The molecule has 1 heterocycles. The Hall–Kier alpha value is -0.570. The molecule has 1 aliphatic heterocycles. The van der Waals surface area contributed by atoms with E-state index in [1.165, 1.54) is 32.1 Å². The van der Waals surface area contributed by atoms with E-state index in [1.807, 2.05) is 0 Å². The first-order valence-electron chi connectivity index (χ1n) is 6.79. The molecule has 0 aromatic carbocycles. The highest BCUT2D eigenvalue weighted by Crippen LogP contribution is 2.24. The molecule has 0 unspecified atom stereocenters. The zero-order valence-electron chi connectivity index (χ0n) is 10.3. The van der Waals surface area contributed by atoms with Gasteiger partial charge in [0.15, 0.2) is 0 Å². The highest BCUT2D eigenvalue weighted by Gasteiger charge is 2.25. The van der Waals surface area contributed by atoms with E-state index in [2.05, 4.69) is 17.6 Å². The van der Waals surface area contributed by atoms with Gasteiger partial charge in [0.25, 0.3) is 0 Å². The number of rotatable bonds is 2. The minimum Gasteiger partial charge on any atom is -0.355 e. The van der Waals surface area contributed by atoms with E-state index >= 15 is 0 Å². The van der Waals surface area contributed by atoms with Crippen molar-refractivity contribution < 1.29 is 4.79 Å². The van der Waals surface area contributed by atoms with Gasteiger partial charge in [0, 0.05) is 12.6 Å². The first-order chi connectivity index (χ1) is 7.75. The van der Waals surface area contributed by atoms with Crippen LogP contribution in [-0.2, 0) is 4.79 Å². The van der Waals surface area contributed by atoms with Crippen molar-refractivity contribution in [2.24, 2.45) is 5.92 Å². The Bertz CT molecular complexity index is 234. The third-order valence-electron chi connectivity index (χ3n) is 3.99. The Balaban J connectivity index is 1.80. The third kappa shape index (κ3) is 3.21. The smallest absolute Gasteiger partial charge is 0.237 e. The molecular weight excluding hydrogens is 200 g/mol. The number of carbonyl (C=O) groups is 1. The molecule has 0 aromatic heterocycles. The topological polar surface area (TPSA) is 41.1 Å². The molecule has 2 rings (SSSR count). The fraction of sp³-hybridized carbons (Fsp3) is 0.923. The summed E-state index contributed by atoms with van der Waals surface area (Å²) >= 11 is 0. The lowest BCUT2D eigenvalue weighted by Gasteiger charge is -2.30. The van der Waals surface area contributed by atoms with E-state index < -0.39 is 0 Å². The number of hydrogen-bond donors (Lipinski definition) is 2. The molecule has 1 amide bonds. The summed E-state index contributed by atoms with van der Waals surface area (Å²) in [5, 5.41) is 6.55. The maximum atomic E-state index is 11.8. The Kier molecular flexibility index (Phi) is 4.22. The summed E-state index contributed by atoms with van der Waals surface area (Å²) < 4.78 is 0. The second-order valence-corrected chi connectivity index (χ2v) is 5.46. The average Bonchev–Trinajstić information content (AvgIpc) is 2.48. The summed E-state index contributed by atoms with van der Waals surface area (Å²) in [4.78, 5) is 11.8. The quantitative estimate of drug-likeness (QED) is 0.751. The molecule has 92 valence electrons. The van der Waals surface area contributed by atoms with Crippen LogP contribution in [0.15, 0.2) is 0 Å². The van der Waals surface area contributed by atoms with Crippen LogP contribution in [-0.4, -0.2) is 24.5 Å². The molecule has 2 aliphatic rings. The lowest BCUT2D eigenvalue weighted by Crippen LogP contribution is -2.48. The molecule has 1 saturated carbocycles. The van der Waals surface area contributed by atoms with E-state index in [0.717, 1.165) is 25.3 Å². The van der Waals surface area contributed by atoms with Crippen LogP contribution < -0.4 is 10.6 Å². The molecule has 0 bridgehead atoms. The Morgan fingerprint density at radius 3 is 2.62 bits per heavy atom. The van der Waals surface area contributed by atoms with Crippen LogP contribution in [0.25, 0.3) is 0 Å². The standard InChI is InChI=1S/C13H24N2O/c1-10-5-7-11(8-6-10)15-12-4-2-3-9-14-13(12)16/h10-12,15H,2-9H2,1H3,(H,14,16)/t10?,11?,12-/m0/s1. The van der Waals surface area contributed by atoms with Crippen LogP contribution >= 0.6 is 0 Å². The molecule has 3 nitrogen and oxygen atoms in total. The van der Waals surface area contributed by atoms with Gasteiger partial charge < -0.3 is 10.6 Å². The van der Waals surface area contributed by atoms with Gasteiger partial charge in [-0.3, -0.25) is 4.79 Å². The normalized spacial score (nSPS) is 36.6. The molecule has 0 radical (unpaired) electrons. The van der Waals surface area contributed by atoms with Gasteiger partial charge in [-0.1, -0.05) is 6.92 Å². The maximum absolute atomic E-state index is 11.8. The molecule has 2 fully saturated rings. The summed E-state index contributed by atoms with van der Waals surface area (Å²) in [5.41, 5.74) is 0. The molecule has 16 heavy (non-hydrogen) atoms. The van der Waals surface area contributed by atoms with Crippen molar-refractivity contribution in [2.75, 3.05) is 6.54 Å². The summed E-state index contributed by atoms with van der Waals surface area (Å²) in [6.07, 6.45) is 8.41. The van der Waals surface area contributed by atoms with Gasteiger partial charge in [0.2, 0.25) is 5.91 Å². The van der Waals surface area contributed by atoms with Gasteiger partial charge in [0.1, 0.15) is 0 Å². The van der Waals surface area contributed by atoms with E-state index in [4.69, 9.17) is 0 Å². The van der Waals surface area contributed by atoms with Crippen LogP contribution in [0, 0.1) is 5.92 Å². The van der Waals surface area contributed by atoms with E-state index in [-0.39, 0.29) is 11.9 Å². The van der Waals surface area contributed by atoms with Crippen molar-refractivity contribution in [3.63, 3.8) is 0 Å². The van der Waals surface area contributed by atoms with Crippen LogP contribution in [0.5, 0.6) is 0 Å². The van der Waals surface area contributed by atoms with Gasteiger partial charge in [-0.05, 0) is 50.9 Å². The molecule has 2 N–H and O–H groups in total. The fourth-order valence-electron chi connectivity index (χ4n) is 2.81. The molecule has 3 heteroatoms. The van der Waals surface area contributed by atoms with Gasteiger partial charge in [-0.25, -0.2) is 0 Å². The first-order valence-corrected chi connectivity index (χ1v) is 6.79. The predicted molar refractivity (Wildman–Crippen MR) is 65.2 cm³/mol. The van der Waals surface area contributed by atoms with Crippen molar-refractivity contribution in [3.8, 4) is 0 Å². The lowest BCUT2D eigenvalue weighted by molar-refractivity contribution is -0.123. The van der Waals surface area contributed by atoms with Gasteiger partial charge in [-0.15, -0.1) is 0 Å². The molecule has 0 aromatic rings. The van der Waals surface area contributed by atoms with E-state index in [0.29, 0.717) is 6.04 Å². The second kappa shape index (κ2) is 5.67. The minimum absolute atomic E-state index is 0.0703. The summed E-state index contributed by atoms with van der Waals surface area (Å²) in [7, 11) is 0. The van der Waals surface area contributed by atoms with Crippen molar-refractivity contribution in [3.05, 3.63) is 0 Å². The van der Waals surface area contributed by atoms with Crippen molar-refractivity contribution in [1.82, 2.24) is 10.6 Å². The van der Waals surface area contributed by atoms with Crippen molar-refractivity contribution in [2.45, 2.75) is 64.0 Å². The predicted octanol–water partition coefficient (Wildman–Crippen LogP) is 1.82. The highest BCUT2D eigenvalue weighted by atomic mass is 16.2. The Morgan fingerprint density at radius 2 is 1.88 bits per heavy atom. The maximum Gasteiger partial charge on any atom is 0.237 e. The number of nitrogens with one attached hydrogen (secondary N) is 2. The molecule has 0 spiro atoms. The number of hydrogen-bond acceptors (Lipinski definition) is 2. The zero-order chi connectivity index (χ0) is 11.4. The van der Waals surface area contributed by atoms with Crippen molar-refractivity contribution in [1.29, 1.82) is 0 Å². The third-order valence-corrected chi connectivity index (χ3v) is 3.99. The number of carbonyl (C=O) groups excluding carboxylic acids is 1. The monoisotopic (exact) mass is 224 g/mol. The van der Waals surface area contributed by atoms with Gasteiger partial charge in [-0.2, -0.15) is 0 Å². The van der Waals surface area contributed by atoms with E-state index in [9.17, 15) is 4.79 Å².